The van der Waals surface area contributed by atoms with Gasteiger partial charge in [-0.1, -0.05) is 32.9 Å². The molecule has 1 aromatic heterocycles. The van der Waals surface area contributed by atoms with Crippen LogP contribution in [0.2, 0.25) is 5.02 Å². The van der Waals surface area contributed by atoms with Crippen molar-refractivity contribution in [1.29, 1.82) is 0 Å². The molecule has 2 fully saturated rings. The van der Waals surface area contributed by atoms with E-state index in [0.717, 1.165) is 18.9 Å². The molecule has 1 aliphatic heterocycles. The van der Waals surface area contributed by atoms with Crippen molar-refractivity contribution in [2.45, 2.75) is 70.9 Å². The van der Waals surface area contributed by atoms with Gasteiger partial charge in [-0.25, -0.2) is 9.37 Å². The summed E-state index contributed by atoms with van der Waals surface area (Å²) in [6.07, 6.45) is -2.72. The molecule has 3 N–H and O–H groups in total. The van der Waals surface area contributed by atoms with E-state index in [0.29, 0.717) is 24.3 Å². The second-order valence-electron chi connectivity index (χ2n) is 10.5. The molecule has 1 saturated carbocycles. The Morgan fingerprint density at radius 3 is 2.36 bits per heavy atom. The number of alkyl halides is 3. The lowest BCUT2D eigenvalue weighted by Crippen LogP contribution is -2.53. The highest BCUT2D eigenvalue weighted by molar-refractivity contribution is 6.31. The van der Waals surface area contributed by atoms with Gasteiger partial charge in [0, 0.05) is 16.7 Å². The number of aromatic nitrogens is 1. The molecule has 12 heteroatoms. The summed E-state index contributed by atoms with van der Waals surface area (Å²) in [7, 11) is 1.39. The zero-order chi connectivity index (χ0) is 31.6. The summed E-state index contributed by atoms with van der Waals surface area (Å²) >= 11 is 5.93. The van der Waals surface area contributed by atoms with Gasteiger partial charge in [-0.2, -0.15) is 13.2 Å². The summed E-state index contributed by atoms with van der Waals surface area (Å²) in [5.41, 5.74) is -4.18. The maximum atomic E-state index is 14.6. The third-order valence-electron chi connectivity index (χ3n) is 7.46. The molecule has 7 nitrogen and oxygen atoms in total. The predicted octanol–water partition coefficient (Wildman–Crippen LogP) is 7.14. The molecule has 2 atom stereocenters. The molecule has 1 aliphatic carbocycles. The van der Waals surface area contributed by atoms with Gasteiger partial charge in [0.05, 0.1) is 36.2 Å². The van der Waals surface area contributed by atoms with Gasteiger partial charge in [0.2, 0.25) is 5.60 Å². The topological polar surface area (TPSA) is 92.7 Å². The molecule has 0 bridgehead atoms. The van der Waals surface area contributed by atoms with Crippen LogP contribution in [-0.2, 0) is 11.1 Å². The van der Waals surface area contributed by atoms with Crippen LogP contribution in [0.15, 0.2) is 48.5 Å². The van der Waals surface area contributed by atoms with E-state index < -0.39 is 41.3 Å². The molecule has 240 valence electrons. The zero-order valence-corrected chi connectivity index (χ0v) is 25.0. The third kappa shape index (κ3) is 7.27. The lowest BCUT2D eigenvalue weighted by Gasteiger charge is -2.41. The molecule has 2 heterocycles. The van der Waals surface area contributed by atoms with Crippen molar-refractivity contribution in [3.63, 3.8) is 0 Å². The number of hydrogen-bond donors (Lipinski definition) is 3. The standard InChI is InChI=1S/C29H28ClF4N3O4.C2H6.CH4/c1-27(9-10-36-27)18-13-22(16-3-7-21(31)20(30)11-16)37-25(14-18)28(39,29(32,33)34)15-35-26(38)17-4-8-23(24(12-17)40-2)41-19-5-6-19;1-2;/h3-4,7-8,11-14,19,36,39H,5-6,9-10,15H2,1-2H3,(H,35,38);1-2H3;1H4. The summed E-state index contributed by atoms with van der Waals surface area (Å²) in [6, 6.07) is 10.7. The maximum Gasteiger partial charge on any atom is 0.424 e. The minimum absolute atomic E-state index is 0. The Balaban J connectivity index is 0.00000173. The van der Waals surface area contributed by atoms with Crippen LogP contribution in [0.1, 0.15) is 69.1 Å². The Kier molecular flexibility index (Phi) is 10.9. The summed E-state index contributed by atoms with van der Waals surface area (Å²) < 4.78 is 68.5. The van der Waals surface area contributed by atoms with E-state index in [4.69, 9.17) is 21.1 Å². The molecule has 5 rings (SSSR count). The number of methoxy groups -OCH3 is 1. The minimum Gasteiger partial charge on any atom is -0.493 e. The number of ether oxygens (including phenoxy) is 2. The molecule has 2 unspecified atom stereocenters. The molecule has 1 amide bonds. The van der Waals surface area contributed by atoms with Crippen LogP contribution in [0.25, 0.3) is 11.3 Å². The Hall–Kier alpha value is -3.41. The van der Waals surface area contributed by atoms with Crippen molar-refractivity contribution < 1.29 is 36.9 Å². The molecule has 2 aliphatic rings. The number of carbonyl (C=O) groups is 1. The minimum atomic E-state index is -5.22. The van der Waals surface area contributed by atoms with Crippen LogP contribution >= 0.6 is 11.6 Å². The van der Waals surface area contributed by atoms with Gasteiger partial charge in [0.25, 0.3) is 5.91 Å². The normalized spacial score (nSPS) is 18.9. The van der Waals surface area contributed by atoms with Crippen molar-refractivity contribution in [1.82, 2.24) is 15.6 Å². The fourth-order valence-corrected chi connectivity index (χ4v) is 4.71. The van der Waals surface area contributed by atoms with Gasteiger partial charge in [-0.3, -0.25) is 4.79 Å². The van der Waals surface area contributed by atoms with Crippen LogP contribution in [0.5, 0.6) is 11.5 Å². The second-order valence-corrected chi connectivity index (χ2v) is 10.9. The molecule has 2 aromatic carbocycles. The van der Waals surface area contributed by atoms with Crippen molar-refractivity contribution in [3.05, 3.63) is 76.2 Å². The van der Waals surface area contributed by atoms with Gasteiger partial charge in [0.1, 0.15) is 5.82 Å². The van der Waals surface area contributed by atoms with E-state index in [9.17, 15) is 27.5 Å². The van der Waals surface area contributed by atoms with Crippen molar-refractivity contribution >= 4 is 17.5 Å². The molecular formula is C32H38ClF4N3O4. The average Bonchev–Trinajstić information content (AvgIpc) is 3.80. The van der Waals surface area contributed by atoms with Crippen LogP contribution in [0.3, 0.4) is 0 Å². The number of pyridine rings is 1. The Morgan fingerprint density at radius 2 is 1.82 bits per heavy atom. The first kappa shape index (κ1) is 35.1. The number of hydrogen-bond acceptors (Lipinski definition) is 6. The molecule has 44 heavy (non-hydrogen) atoms. The highest BCUT2D eigenvalue weighted by Gasteiger charge is 2.57. The highest BCUT2D eigenvalue weighted by atomic mass is 35.5. The Morgan fingerprint density at radius 1 is 1.14 bits per heavy atom. The number of nitrogens with one attached hydrogen (secondary N) is 2. The lowest BCUT2D eigenvalue weighted by atomic mass is 9.81. The molecular weight excluding hydrogens is 602 g/mol. The smallest absolute Gasteiger partial charge is 0.424 e. The van der Waals surface area contributed by atoms with E-state index in [-0.39, 0.29) is 41.1 Å². The van der Waals surface area contributed by atoms with Gasteiger partial charge < -0.3 is 25.2 Å². The summed E-state index contributed by atoms with van der Waals surface area (Å²) in [5.74, 6) is -0.879. The number of rotatable bonds is 9. The SMILES string of the molecule is C.CC.COc1cc(C(=O)NCC(O)(c2cc(C3(C)CCN3)cc(-c3ccc(F)c(Cl)c3)n2)C(F)(F)F)ccc1OC1CC1. The van der Waals surface area contributed by atoms with E-state index in [1.165, 1.54) is 43.5 Å². The van der Waals surface area contributed by atoms with E-state index in [2.05, 4.69) is 15.6 Å². The first-order chi connectivity index (χ1) is 20.3. The first-order valence-corrected chi connectivity index (χ1v) is 14.4. The van der Waals surface area contributed by atoms with Gasteiger partial charge in [-0.05, 0) is 86.8 Å². The number of benzene rings is 2. The molecule has 0 radical (unpaired) electrons. The first-order valence-electron chi connectivity index (χ1n) is 14.0. The summed E-state index contributed by atoms with van der Waals surface area (Å²) in [4.78, 5) is 17.1. The van der Waals surface area contributed by atoms with E-state index in [1.54, 1.807) is 6.07 Å². The predicted molar refractivity (Wildman–Crippen MR) is 162 cm³/mol. The lowest BCUT2D eigenvalue weighted by molar-refractivity contribution is -0.265. The summed E-state index contributed by atoms with van der Waals surface area (Å²) in [6.45, 7) is 5.25. The third-order valence-corrected chi connectivity index (χ3v) is 7.75. The van der Waals surface area contributed by atoms with Crippen molar-refractivity contribution in [3.8, 4) is 22.8 Å². The van der Waals surface area contributed by atoms with Gasteiger partial charge >= 0.3 is 6.18 Å². The van der Waals surface area contributed by atoms with Crippen LogP contribution in [0.4, 0.5) is 17.6 Å². The largest absolute Gasteiger partial charge is 0.493 e. The molecule has 3 aromatic rings. The Bertz CT molecular complexity index is 1480. The number of carbonyl (C=O) groups excluding carboxylic acids is 1. The molecule has 0 spiro atoms. The van der Waals surface area contributed by atoms with Crippen LogP contribution in [0, 0.1) is 5.82 Å². The summed E-state index contributed by atoms with van der Waals surface area (Å²) in [5, 5.41) is 16.3. The maximum absolute atomic E-state index is 14.6. The van der Waals surface area contributed by atoms with Crippen molar-refractivity contribution in [2.75, 3.05) is 20.2 Å². The molecule has 1 saturated heterocycles. The Labute approximate surface area is 259 Å². The number of halogens is 5. The monoisotopic (exact) mass is 639 g/mol. The van der Waals surface area contributed by atoms with Crippen LogP contribution in [-0.4, -0.2) is 48.5 Å². The number of aliphatic hydroxyl groups is 1. The number of amides is 1. The zero-order valence-electron chi connectivity index (χ0n) is 24.2. The van der Waals surface area contributed by atoms with Crippen molar-refractivity contribution in [2.24, 2.45) is 0 Å². The highest BCUT2D eigenvalue weighted by Crippen LogP contribution is 2.42. The van der Waals surface area contributed by atoms with Gasteiger partial charge in [0.15, 0.2) is 11.5 Å². The van der Waals surface area contributed by atoms with Crippen LogP contribution < -0.4 is 20.1 Å². The quantitative estimate of drug-likeness (QED) is 0.216. The number of nitrogens with zero attached hydrogens (tertiary/aromatic N) is 1. The van der Waals surface area contributed by atoms with E-state index in [1.807, 2.05) is 20.8 Å². The average molecular weight is 640 g/mol. The second kappa shape index (κ2) is 13.7. The van der Waals surface area contributed by atoms with E-state index >= 15 is 0 Å². The van der Waals surface area contributed by atoms with Gasteiger partial charge in [-0.15, -0.1) is 0 Å². The fourth-order valence-electron chi connectivity index (χ4n) is 4.53. The fraction of sp³-hybridized carbons (Fsp3) is 0.438.